The van der Waals surface area contributed by atoms with E-state index >= 15 is 0 Å². The number of hydrogen-bond donors (Lipinski definition) is 1. The van der Waals surface area contributed by atoms with Crippen LogP contribution in [-0.4, -0.2) is 4.98 Å². The highest BCUT2D eigenvalue weighted by Crippen LogP contribution is 2.17. The maximum atomic E-state index is 9.01. The maximum absolute atomic E-state index is 9.01. The zero-order valence-electron chi connectivity index (χ0n) is 9.94. The van der Waals surface area contributed by atoms with Crippen LogP contribution >= 0.6 is 15.9 Å². The molecule has 0 unspecified atom stereocenters. The molecule has 1 aromatic heterocycles. The van der Waals surface area contributed by atoms with Crippen molar-refractivity contribution < 1.29 is 0 Å². The van der Waals surface area contributed by atoms with Gasteiger partial charge in [0, 0.05) is 6.54 Å². The average molecular weight is 302 g/mol. The molecule has 0 radical (unpaired) electrons. The first-order valence-electron chi connectivity index (χ1n) is 5.55. The Balaban J connectivity index is 2.14. The number of benzene rings is 1. The molecule has 2 aromatic rings. The standard InChI is InChI=1S/C14H12BrN3/c1-10-13(6-7-14(15)18-10)17-9-12-5-3-2-4-11(12)8-16/h2-7,17H,9H2,1H3. The molecular weight excluding hydrogens is 290 g/mol. The second-order valence-corrected chi connectivity index (χ2v) is 4.70. The zero-order valence-corrected chi connectivity index (χ0v) is 11.5. The number of hydrogen-bond acceptors (Lipinski definition) is 3. The minimum Gasteiger partial charge on any atom is -0.379 e. The van der Waals surface area contributed by atoms with Crippen LogP contribution < -0.4 is 5.32 Å². The van der Waals surface area contributed by atoms with Crippen LogP contribution in [0.4, 0.5) is 5.69 Å². The van der Waals surface area contributed by atoms with Gasteiger partial charge < -0.3 is 5.32 Å². The van der Waals surface area contributed by atoms with Crippen molar-refractivity contribution in [2.24, 2.45) is 0 Å². The molecule has 0 amide bonds. The normalized spacial score (nSPS) is 9.83. The van der Waals surface area contributed by atoms with Crippen molar-refractivity contribution in [2.45, 2.75) is 13.5 Å². The van der Waals surface area contributed by atoms with Gasteiger partial charge in [0.2, 0.25) is 0 Å². The molecule has 18 heavy (non-hydrogen) atoms. The van der Waals surface area contributed by atoms with Gasteiger partial charge in [0.05, 0.1) is 23.0 Å². The Morgan fingerprint density at radius 1 is 1.28 bits per heavy atom. The van der Waals surface area contributed by atoms with Crippen molar-refractivity contribution >= 4 is 21.6 Å². The van der Waals surface area contributed by atoms with Gasteiger partial charge in [-0.05, 0) is 46.6 Å². The maximum Gasteiger partial charge on any atom is 0.106 e. The SMILES string of the molecule is Cc1nc(Br)ccc1NCc1ccccc1C#N. The van der Waals surface area contributed by atoms with E-state index in [-0.39, 0.29) is 0 Å². The van der Waals surface area contributed by atoms with Crippen molar-refractivity contribution in [3.63, 3.8) is 0 Å². The molecule has 0 aliphatic heterocycles. The van der Waals surface area contributed by atoms with E-state index in [0.717, 1.165) is 21.5 Å². The average Bonchev–Trinajstić information content (AvgIpc) is 2.38. The van der Waals surface area contributed by atoms with Crippen LogP contribution in [-0.2, 0) is 6.54 Å². The second-order valence-electron chi connectivity index (χ2n) is 3.89. The fourth-order valence-corrected chi connectivity index (χ4v) is 2.09. The van der Waals surface area contributed by atoms with Gasteiger partial charge in [0.25, 0.3) is 0 Å². The van der Waals surface area contributed by atoms with Crippen molar-refractivity contribution in [1.29, 1.82) is 5.26 Å². The summed E-state index contributed by atoms with van der Waals surface area (Å²) in [4.78, 5) is 4.32. The third-order valence-corrected chi connectivity index (χ3v) is 3.10. The summed E-state index contributed by atoms with van der Waals surface area (Å²) in [5, 5.41) is 12.3. The summed E-state index contributed by atoms with van der Waals surface area (Å²) >= 11 is 3.33. The lowest BCUT2D eigenvalue weighted by Crippen LogP contribution is -2.03. The molecule has 0 saturated heterocycles. The Labute approximate surface area is 115 Å². The van der Waals surface area contributed by atoms with Gasteiger partial charge in [-0.3, -0.25) is 0 Å². The molecule has 0 saturated carbocycles. The zero-order chi connectivity index (χ0) is 13.0. The number of pyridine rings is 1. The molecule has 3 nitrogen and oxygen atoms in total. The minimum atomic E-state index is 0.619. The van der Waals surface area contributed by atoms with E-state index in [1.165, 1.54) is 0 Å². The number of rotatable bonds is 3. The van der Waals surface area contributed by atoms with E-state index in [1.807, 2.05) is 43.3 Å². The van der Waals surface area contributed by atoms with Crippen LogP contribution in [0.3, 0.4) is 0 Å². The number of halogens is 1. The van der Waals surface area contributed by atoms with Crippen LogP contribution in [0.1, 0.15) is 16.8 Å². The molecule has 0 spiro atoms. The Bertz CT molecular complexity index is 602. The van der Waals surface area contributed by atoms with Crippen LogP contribution in [0.2, 0.25) is 0 Å². The number of aromatic nitrogens is 1. The second kappa shape index (κ2) is 5.65. The monoisotopic (exact) mass is 301 g/mol. The summed E-state index contributed by atoms with van der Waals surface area (Å²) < 4.78 is 0.822. The lowest BCUT2D eigenvalue weighted by atomic mass is 10.1. The highest BCUT2D eigenvalue weighted by molar-refractivity contribution is 9.10. The molecule has 0 bridgehead atoms. The van der Waals surface area contributed by atoms with Gasteiger partial charge in [0.15, 0.2) is 0 Å². The van der Waals surface area contributed by atoms with Gasteiger partial charge in [0.1, 0.15) is 4.60 Å². The van der Waals surface area contributed by atoms with Crippen LogP contribution in [0.5, 0.6) is 0 Å². The number of anilines is 1. The van der Waals surface area contributed by atoms with E-state index in [2.05, 4.69) is 32.3 Å². The quantitative estimate of drug-likeness (QED) is 0.881. The number of nitrogens with one attached hydrogen (secondary N) is 1. The summed E-state index contributed by atoms with van der Waals surface area (Å²) in [5.74, 6) is 0. The van der Waals surface area contributed by atoms with Gasteiger partial charge in [-0.1, -0.05) is 18.2 Å². The summed E-state index contributed by atoms with van der Waals surface area (Å²) in [6.45, 7) is 2.57. The van der Waals surface area contributed by atoms with E-state index in [4.69, 9.17) is 5.26 Å². The van der Waals surface area contributed by atoms with Gasteiger partial charge >= 0.3 is 0 Å². The molecule has 0 aliphatic rings. The molecule has 2 rings (SSSR count). The van der Waals surface area contributed by atoms with E-state index in [1.54, 1.807) is 0 Å². The fourth-order valence-electron chi connectivity index (χ4n) is 1.69. The molecule has 1 aromatic carbocycles. The molecule has 0 atom stereocenters. The topological polar surface area (TPSA) is 48.7 Å². The van der Waals surface area contributed by atoms with E-state index in [9.17, 15) is 0 Å². The third kappa shape index (κ3) is 2.88. The number of nitriles is 1. The van der Waals surface area contributed by atoms with Crippen molar-refractivity contribution in [3.05, 3.63) is 57.8 Å². The predicted molar refractivity (Wildman–Crippen MR) is 75.2 cm³/mol. The Kier molecular flexibility index (Phi) is 3.96. The Morgan fingerprint density at radius 2 is 2.06 bits per heavy atom. The van der Waals surface area contributed by atoms with Gasteiger partial charge in [-0.25, -0.2) is 4.98 Å². The molecular formula is C14H12BrN3. The molecule has 1 N–H and O–H groups in total. The first-order valence-corrected chi connectivity index (χ1v) is 6.35. The smallest absolute Gasteiger partial charge is 0.106 e. The van der Waals surface area contributed by atoms with E-state index in [0.29, 0.717) is 12.1 Å². The van der Waals surface area contributed by atoms with Crippen LogP contribution in [0.15, 0.2) is 41.0 Å². The first kappa shape index (κ1) is 12.6. The Morgan fingerprint density at radius 3 is 2.78 bits per heavy atom. The number of aryl methyl sites for hydroxylation is 1. The molecule has 0 aliphatic carbocycles. The highest BCUT2D eigenvalue weighted by Gasteiger charge is 2.03. The lowest BCUT2D eigenvalue weighted by molar-refractivity contribution is 1.09. The van der Waals surface area contributed by atoms with E-state index < -0.39 is 0 Å². The highest BCUT2D eigenvalue weighted by atomic mass is 79.9. The third-order valence-electron chi connectivity index (χ3n) is 2.66. The van der Waals surface area contributed by atoms with Crippen LogP contribution in [0, 0.1) is 18.3 Å². The van der Waals surface area contributed by atoms with Crippen molar-refractivity contribution in [3.8, 4) is 6.07 Å². The summed E-state index contributed by atoms with van der Waals surface area (Å²) in [6, 6.07) is 13.6. The van der Waals surface area contributed by atoms with Gasteiger partial charge in [-0.2, -0.15) is 5.26 Å². The van der Waals surface area contributed by atoms with Crippen LogP contribution in [0.25, 0.3) is 0 Å². The molecule has 1 heterocycles. The summed E-state index contributed by atoms with van der Waals surface area (Å²) in [7, 11) is 0. The number of nitrogens with zero attached hydrogens (tertiary/aromatic N) is 2. The molecule has 4 heteroatoms. The first-order chi connectivity index (χ1) is 8.70. The van der Waals surface area contributed by atoms with Crippen molar-refractivity contribution in [2.75, 3.05) is 5.32 Å². The lowest BCUT2D eigenvalue weighted by Gasteiger charge is -2.10. The summed E-state index contributed by atoms with van der Waals surface area (Å²) in [6.07, 6.45) is 0. The minimum absolute atomic E-state index is 0.619. The molecule has 0 fully saturated rings. The van der Waals surface area contributed by atoms with Gasteiger partial charge in [-0.15, -0.1) is 0 Å². The largest absolute Gasteiger partial charge is 0.379 e. The van der Waals surface area contributed by atoms with Crippen molar-refractivity contribution in [1.82, 2.24) is 4.98 Å². The molecule has 90 valence electrons. The fraction of sp³-hybridized carbons (Fsp3) is 0.143. The predicted octanol–water partition coefficient (Wildman–Crippen LogP) is 3.64. The Hall–Kier alpha value is -1.86. The summed E-state index contributed by atoms with van der Waals surface area (Å²) in [5.41, 5.74) is 3.60.